The normalized spacial score (nSPS) is 11.3. The van der Waals surface area contributed by atoms with Gasteiger partial charge in [-0.2, -0.15) is 0 Å². The van der Waals surface area contributed by atoms with Gasteiger partial charge in [-0.1, -0.05) is 20.8 Å². The number of nitrogens with one attached hydrogen (secondary N) is 1. The van der Waals surface area contributed by atoms with Crippen LogP contribution in [0.25, 0.3) is 0 Å². The Morgan fingerprint density at radius 1 is 1.22 bits per heavy atom. The van der Waals surface area contributed by atoms with Crippen molar-refractivity contribution in [2.75, 3.05) is 19.8 Å². The van der Waals surface area contributed by atoms with E-state index >= 15 is 0 Å². The summed E-state index contributed by atoms with van der Waals surface area (Å²) in [7, 11) is 0. The second-order valence-electron chi connectivity index (χ2n) is 4.57. The smallest absolute Gasteiger partial charge is 0.133 e. The molecule has 18 heavy (non-hydrogen) atoms. The standard InChI is InChI=1S/C14H25NO3/c1-4-6-16-8-9-17-11-14-13(5-7-18-14)10-15-12(2)3/h5,7,12,15H,4,6,8-11H2,1-3H3. The van der Waals surface area contributed by atoms with Crippen LogP contribution >= 0.6 is 0 Å². The summed E-state index contributed by atoms with van der Waals surface area (Å²) < 4.78 is 16.3. The Kier molecular flexibility index (Phi) is 7.73. The molecule has 0 spiro atoms. The number of ether oxygens (including phenoxy) is 2. The third kappa shape index (κ3) is 6.19. The molecular formula is C14H25NO3. The molecule has 1 aromatic heterocycles. The SMILES string of the molecule is CCCOCCOCc1occc1CNC(C)C. The zero-order valence-electron chi connectivity index (χ0n) is 11.7. The molecule has 0 aliphatic carbocycles. The number of hydrogen-bond acceptors (Lipinski definition) is 4. The van der Waals surface area contributed by atoms with Crippen LogP contribution < -0.4 is 5.32 Å². The van der Waals surface area contributed by atoms with Crippen LogP contribution in [0.15, 0.2) is 16.7 Å². The molecule has 0 saturated heterocycles. The lowest BCUT2D eigenvalue weighted by atomic mass is 10.2. The van der Waals surface area contributed by atoms with Gasteiger partial charge in [-0.15, -0.1) is 0 Å². The van der Waals surface area contributed by atoms with Crippen molar-refractivity contribution in [3.63, 3.8) is 0 Å². The molecular weight excluding hydrogens is 230 g/mol. The number of rotatable bonds is 10. The highest BCUT2D eigenvalue weighted by atomic mass is 16.5. The summed E-state index contributed by atoms with van der Waals surface area (Å²) in [5.41, 5.74) is 1.16. The summed E-state index contributed by atoms with van der Waals surface area (Å²) >= 11 is 0. The van der Waals surface area contributed by atoms with Gasteiger partial charge in [0.1, 0.15) is 12.4 Å². The van der Waals surface area contributed by atoms with E-state index in [-0.39, 0.29) is 0 Å². The molecule has 1 aromatic rings. The van der Waals surface area contributed by atoms with E-state index < -0.39 is 0 Å². The van der Waals surface area contributed by atoms with E-state index in [1.54, 1.807) is 6.26 Å². The van der Waals surface area contributed by atoms with Gasteiger partial charge in [-0.05, 0) is 12.5 Å². The van der Waals surface area contributed by atoms with Crippen LogP contribution in [0.3, 0.4) is 0 Å². The Morgan fingerprint density at radius 3 is 2.72 bits per heavy atom. The molecule has 0 aromatic carbocycles. The van der Waals surface area contributed by atoms with Crippen LogP contribution in [-0.2, 0) is 22.6 Å². The van der Waals surface area contributed by atoms with Gasteiger partial charge in [0.2, 0.25) is 0 Å². The van der Waals surface area contributed by atoms with Gasteiger partial charge in [0.25, 0.3) is 0 Å². The molecule has 4 heteroatoms. The number of furan rings is 1. The van der Waals surface area contributed by atoms with Gasteiger partial charge in [0, 0.05) is 24.8 Å². The lowest BCUT2D eigenvalue weighted by Crippen LogP contribution is -2.22. The first-order valence-corrected chi connectivity index (χ1v) is 6.68. The molecule has 0 atom stereocenters. The van der Waals surface area contributed by atoms with Crippen molar-refractivity contribution < 1.29 is 13.9 Å². The minimum atomic E-state index is 0.469. The maximum absolute atomic E-state index is 5.53. The van der Waals surface area contributed by atoms with E-state index in [2.05, 4.69) is 26.1 Å². The van der Waals surface area contributed by atoms with Crippen LogP contribution in [0.5, 0.6) is 0 Å². The third-order valence-corrected chi connectivity index (χ3v) is 2.49. The summed E-state index contributed by atoms with van der Waals surface area (Å²) in [5.74, 6) is 0.902. The Labute approximate surface area is 110 Å². The fraction of sp³-hybridized carbons (Fsp3) is 0.714. The molecule has 4 nitrogen and oxygen atoms in total. The average molecular weight is 255 g/mol. The van der Waals surface area contributed by atoms with Crippen LogP contribution in [0, 0.1) is 0 Å². The molecule has 104 valence electrons. The minimum Gasteiger partial charge on any atom is -0.467 e. The van der Waals surface area contributed by atoms with E-state index in [1.165, 1.54) is 0 Å². The predicted molar refractivity (Wildman–Crippen MR) is 71.4 cm³/mol. The maximum Gasteiger partial charge on any atom is 0.133 e. The lowest BCUT2D eigenvalue weighted by Gasteiger charge is -2.08. The largest absolute Gasteiger partial charge is 0.467 e. The average Bonchev–Trinajstić information content (AvgIpc) is 2.78. The number of hydrogen-bond donors (Lipinski definition) is 1. The Morgan fingerprint density at radius 2 is 2.00 bits per heavy atom. The van der Waals surface area contributed by atoms with Crippen molar-refractivity contribution in [3.05, 3.63) is 23.7 Å². The molecule has 0 fully saturated rings. The van der Waals surface area contributed by atoms with E-state index in [0.717, 1.165) is 30.9 Å². The van der Waals surface area contributed by atoms with Gasteiger partial charge in [-0.25, -0.2) is 0 Å². The van der Waals surface area contributed by atoms with Crippen LogP contribution in [0.1, 0.15) is 38.5 Å². The Hall–Kier alpha value is -0.840. The first kappa shape index (κ1) is 15.2. The van der Waals surface area contributed by atoms with E-state index in [4.69, 9.17) is 13.9 Å². The fourth-order valence-corrected chi connectivity index (χ4v) is 1.49. The van der Waals surface area contributed by atoms with Gasteiger partial charge in [-0.3, -0.25) is 0 Å². The van der Waals surface area contributed by atoms with Crippen LogP contribution in [0.2, 0.25) is 0 Å². The van der Waals surface area contributed by atoms with Crippen molar-refractivity contribution in [1.82, 2.24) is 5.32 Å². The zero-order valence-corrected chi connectivity index (χ0v) is 11.7. The first-order chi connectivity index (χ1) is 8.74. The third-order valence-electron chi connectivity index (χ3n) is 2.49. The summed E-state index contributed by atoms with van der Waals surface area (Å²) in [6.45, 7) is 9.73. The monoisotopic (exact) mass is 255 g/mol. The van der Waals surface area contributed by atoms with Crippen molar-refractivity contribution in [2.45, 2.75) is 46.4 Å². The fourth-order valence-electron chi connectivity index (χ4n) is 1.49. The molecule has 0 radical (unpaired) electrons. The van der Waals surface area contributed by atoms with Crippen molar-refractivity contribution in [2.24, 2.45) is 0 Å². The highest BCUT2D eigenvalue weighted by Crippen LogP contribution is 2.11. The molecule has 1 rings (SSSR count). The van der Waals surface area contributed by atoms with Crippen LogP contribution in [0.4, 0.5) is 0 Å². The minimum absolute atomic E-state index is 0.469. The molecule has 0 aliphatic rings. The first-order valence-electron chi connectivity index (χ1n) is 6.68. The molecule has 0 aliphatic heterocycles. The zero-order chi connectivity index (χ0) is 13.2. The second kappa shape index (κ2) is 9.14. The Balaban J connectivity index is 2.19. The second-order valence-corrected chi connectivity index (χ2v) is 4.57. The Bertz CT molecular complexity index is 310. The summed E-state index contributed by atoms with van der Waals surface area (Å²) in [6, 6.07) is 2.46. The molecule has 1 N–H and O–H groups in total. The highest BCUT2D eigenvalue weighted by molar-refractivity contribution is 5.16. The van der Waals surface area contributed by atoms with Crippen LogP contribution in [-0.4, -0.2) is 25.9 Å². The van der Waals surface area contributed by atoms with Gasteiger partial charge in [0.15, 0.2) is 0 Å². The topological polar surface area (TPSA) is 43.6 Å². The van der Waals surface area contributed by atoms with E-state index in [9.17, 15) is 0 Å². The van der Waals surface area contributed by atoms with Gasteiger partial charge < -0.3 is 19.2 Å². The molecule has 0 bridgehead atoms. The quantitative estimate of drug-likeness (QED) is 0.653. The van der Waals surface area contributed by atoms with Gasteiger partial charge in [0.05, 0.1) is 19.5 Å². The summed E-state index contributed by atoms with van der Waals surface area (Å²) in [6.07, 6.45) is 2.76. The molecule has 0 saturated carbocycles. The summed E-state index contributed by atoms with van der Waals surface area (Å²) in [4.78, 5) is 0. The predicted octanol–water partition coefficient (Wildman–Crippen LogP) is 2.72. The van der Waals surface area contributed by atoms with E-state index in [1.807, 2.05) is 6.07 Å². The van der Waals surface area contributed by atoms with Crippen molar-refractivity contribution >= 4 is 0 Å². The highest BCUT2D eigenvalue weighted by Gasteiger charge is 2.06. The molecule has 1 heterocycles. The molecule has 0 amide bonds. The van der Waals surface area contributed by atoms with Crippen molar-refractivity contribution in [1.29, 1.82) is 0 Å². The van der Waals surface area contributed by atoms with Gasteiger partial charge >= 0.3 is 0 Å². The summed E-state index contributed by atoms with van der Waals surface area (Å²) in [5, 5.41) is 3.37. The van der Waals surface area contributed by atoms with Crippen molar-refractivity contribution in [3.8, 4) is 0 Å². The maximum atomic E-state index is 5.53. The van der Waals surface area contributed by atoms with E-state index in [0.29, 0.717) is 25.9 Å². The lowest BCUT2D eigenvalue weighted by molar-refractivity contribution is 0.0346. The molecule has 0 unspecified atom stereocenters.